The summed E-state index contributed by atoms with van der Waals surface area (Å²) in [5.74, 6) is -0.684. The first-order chi connectivity index (χ1) is 12.7. The van der Waals surface area contributed by atoms with Crippen LogP contribution in [0.5, 0.6) is 0 Å². The molecule has 0 amide bonds. The van der Waals surface area contributed by atoms with Gasteiger partial charge in [0, 0.05) is 6.92 Å². The lowest BCUT2D eigenvalue weighted by Crippen LogP contribution is -2.60. The second-order valence-electron chi connectivity index (χ2n) is 6.45. The number of hydrogen-bond donors (Lipinski definition) is 4. The summed E-state index contributed by atoms with van der Waals surface area (Å²) >= 11 is 0. The fourth-order valence-corrected chi connectivity index (χ4v) is 2.63. The number of carbonyl (C=O) groups excluding carboxylic acids is 2. The van der Waals surface area contributed by atoms with Crippen molar-refractivity contribution in [1.82, 2.24) is 0 Å². The Morgan fingerprint density at radius 3 is 2.52 bits per heavy atom. The van der Waals surface area contributed by atoms with Crippen LogP contribution in [0, 0.1) is 0 Å². The summed E-state index contributed by atoms with van der Waals surface area (Å²) < 4.78 is 15.9. The summed E-state index contributed by atoms with van der Waals surface area (Å²) in [4.78, 5) is 21.8. The molecule has 1 aliphatic heterocycles. The number of ether oxygens (including phenoxy) is 3. The maximum Gasteiger partial charge on any atom is 0.303 e. The van der Waals surface area contributed by atoms with Gasteiger partial charge in [-0.25, -0.2) is 0 Å². The molecule has 0 aromatic rings. The molecular weight excluding hydrogens is 360 g/mol. The van der Waals surface area contributed by atoms with Gasteiger partial charge in [-0.1, -0.05) is 12.2 Å². The number of aldehydes is 1. The molecule has 0 aliphatic carbocycles. The topological polar surface area (TPSA) is 143 Å². The normalized spacial score (nSPS) is 29.9. The molecule has 27 heavy (non-hydrogen) atoms. The number of rotatable bonds is 10. The maximum absolute atomic E-state index is 11.2. The summed E-state index contributed by atoms with van der Waals surface area (Å²) in [6.07, 6.45) is -4.66. The van der Waals surface area contributed by atoms with Crippen LogP contribution in [0.2, 0.25) is 0 Å². The van der Waals surface area contributed by atoms with Crippen molar-refractivity contribution in [3.05, 3.63) is 23.8 Å². The second kappa shape index (κ2) is 11.3. The highest BCUT2D eigenvalue weighted by molar-refractivity contribution is 5.72. The second-order valence-corrected chi connectivity index (χ2v) is 6.45. The molecule has 0 aromatic heterocycles. The Balaban J connectivity index is 2.59. The van der Waals surface area contributed by atoms with Gasteiger partial charge in [0.2, 0.25) is 0 Å². The van der Waals surface area contributed by atoms with E-state index in [9.17, 15) is 30.0 Å². The molecule has 6 unspecified atom stereocenters. The fraction of sp³-hybridized carbons (Fsp3) is 0.667. The third-order valence-corrected chi connectivity index (χ3v) is 4.00. The molecule has 0 spiro atoms. The highest BCUT2D eigenvalue weighted by Gasteiger charge is 2.46. The van der Waals surface area contributed by atoms with Gasteiger partial charge in [0.05, 0.1) is 19.3 Å². The number of hydrogen-bond acceptors (Lipinski definition) is 9. The van der Waals surface area contributed by atoms with Crippen molar-refractivity contribution in [2.75, 3.05) is 13.2 Å². The minimum absolute atomic E-state index is 0.0747. The van der Waals surface area contributed by atoms with E-state index in [0.717, 1.165) is 6.92 Å². The van der Waals surface area contributed by atoms with E-state index in [1.54, 1.807) is 6.92 Å². The van der Waals surface area contributed by atoms with Crippen LogP contribution < -0.4 is 0 Å². The molecule has 0 bridgehead atoms. The largest absolute Gasteiger partial charge is 0.454 e. The first kappa shape index (κ1) is 23.4. The number of carbonyl (C=O) groups is 2. The van der Waals surface area contributed by atoms with Crippen molar-refractivity contribution in [2.45, 2.75) is 63.5 Å². The molecule has 154 valence electrons. The SMILES string of the molecule is C=C(CCOC1OC(CO)C(O)C(O)C1OC(C)=O)CC(O)C=C(C)C=O. The van der Waals surface area contributed by atoms with Gasteiger partial charge in [0.25, 0.3) is 0 Å². The Labute approximate surface area is 157 Å². The predicted octanol–water partition coefficient (Wildman–Crippen LogP) is -0.784. The highest BCUT2D eigenvalue weighted by atomic mass is 16.7. The monoisotopic (exact) mass is 388 g/mol. The molecule has 9 nitrogen and oxygen atoms in total. The van der Waals surface area contributed by atoms with Crippen LogP contribution >= 0.6 is 0 Å². The van der Waals surface area contributed by atoms with E-state index in [0.29, 0.717) is 23.9 Å². The van der Waals surface area contributed by atoms with E-state index in [2.05, 4.69) is 6.58 Å². The Kier molecular flexibility index (Phi) is 9.78. The lowest BCUT2D eigenvalue weighted by atomic mass is 9.99. The van der Waals surface area contributed by atoms with Crippen LogP contribution in [0.1, 0.15) is 26.7 Å². The summed E-state index contributed by atoms with van der Waals surface area (Å²) in [5, 5.41) is 39.1. The molecular formula is C18H28O9. The maximum atomic E-state index is 11.2. The third-order valence-electron chi connectivity index (χ3n) is 4.00. The molecule has 0 radical (unpaired) electrons. The van der Waals surface area contributed by atoms with Crippen molar-refractivity contribution < 1.29 is 44.2 Å². The van der Waals surface area contributed by atoms with Gasteiger partial charge < -0.3 is 34.6 Å². The van der Waals surface area contributed by atoms with Gasteiger partial charge >= 0.3 is 5.97 Å². The van der Waals surface area contributed by atoms with Crippen LogP contribution in [0.4, 0.5) is 0 Å². The standard InChI is InChI=1S/C18H28O9/c1-10(6-13(22)7-11(2)8-19)4-5-25-18-17(26-12(3)21)16(24)15(23)14(9-20)27-18/h7-8,13-18,20,22-24H,1,4-6,9H2,2-3H3. The zero-order chi connectivity index (χ0) is 20.6. The number of aliphatic hydroxyl groups is 4. The first-order valence-electron chi connectivity index (χ1n) is 8.59. The van der Waals surface area contributed by atoms with Gasteiger partial charge in [-0.2, -0.15) is 0 Å². The molecule has 1 rings (SSSR count). The van der Waals surface area contributed by atoms with Crippen molar-refractivity contribution in [2.24, 2.45) is 0 Å². The lowest BCUT2D eigenvalue weighted by molar-refractivity contribution is -0.303. The van der Waals surface area contributed by atoms with Crippen LogP contribution in [-0.2, 0) is 23.8 Å². The van der Waals surface area contributed by atoms with Crippen LogP contribution in [0.15, 0.2) is 23.8 Å². The summed E-state index contributed by atoms with van der Waals surface area (Å²) in [6.45, 7) is 6.07. The van der Waals surface area contributed by atoms with E-state index in [1.807, 2.05) is 0 Å². The van der Waals surface area contributed by atoms with E-state index in [1.165, 1.54) is 6.08 Å². The Bertz CT molecular complexity index is 545. The van der Waals surface area contributed by atoms with E-state index < -0.39 is 49.4 Å². The van der Waals surface area contributed by atoms with Gasteiger partial charge in [0.15, 0.2) is 12.4 Å². The van der Waals surface area contributed by atoms with E-state index in [-0.39, 0.29) is 13.0 Å². The van der Waals surface area contributed by atoms with Crippen LogP contribution in [0.25, 0.3) is 0 Å². The van der Waals surface area contributed by atoms with Crippen molar-refractivity contribution in [1.29, 1.82) is 0 Å². The molecule has 6 atom stereocenters. The summed E-state index contributed by atoms with van der Waals surface area (Å²) in [7, 11) is 0. The van der Waals surface area contributed by atoms with Crippen molar-refractivity contribution in [3.63, 3.8) is 0 Å². The summed E-state index contributed by atoms with van der Waals surface area (Å²) in [5.41, 5.74) is 1.06. The van der Waals surface area contributed by atoms with Crippen molar-refractivity contribution in [3.8, 4) is 0 Å². The zero-order valence-corrected chi connectivity index (χ0v) is 15.5. The Morgan fingerprint density at radius 1 is 1.30 bits per heavy atom. The average Bonchev–Trinajstić information content (AvgIpc) is 2.60. The highest BCUT2D eigenvalue weighted by Crippen LogP contribution is 2.25. The van der Waals surface area contributed by atoms with Gasteiger partial charge in [-0.3, -0.25) is 9.59 Å². The van der Waals surface area contributed by atoms with Crippen molar-refractivity contribution >= 4 is 12.3 Å². The van der Waals surface area contributed by atoms with Gasteiger partial charge in [-0.05, 0) is 31.4 Å². The molecule has 0 saturated carbocycles. The van der Waals surface area contributed by atoms with Gasteiger partial charge in [0.1, 0.15) is 24.6 Å². The van der Waals surface area contributed by atoms with Crippen LogP contribution in [-0.4, -0.2) is 82.7 Å². The smallest absolute Gasteiger partial charge is 0.303 e. The molecule has 1 aliphatic rings. The molecule has 1 heterocycles. The quantitative estimate of drug-likeness (QED) is 0.164. The molecule has 1 fully saturated rings. The minimum atomic E-state index is -1.48. The van der Waals surface area contributed by atoms with Gasteiger partial charge in [-0.15, -0.1) is 0 Å². The third kappa shape index (κ3) is 7.49. The Morgan fingerprint density at radius 2 is 1.96 bits per heavy atom. The summed E-state index contributed by atoms with van der Waals surface area (Å²) in [6, 6.07) is 0. The number of allylic oxidation sites excluding steroid dienone is 1. The van der Waals surface area contributed by atoms with E-state index in [4.69, 9.17) is 14.2 Å². The number of aliphatic hydroxyl groups excluding tert-OH is 4. The average molecular weight is 388 g/mol. The molecule has 1 saturated heterocycles. The predicted molar refractivity (Wildman–Crippen MR) is 93.5 cm³/mol. The number of esters is 1. The molecule has 9 heteroatoms. The van der Waals surface area contributed by atoms with Crippen LogP contribution in [0.3, 0.4) is 0 Å². The lowest BCUT2D eigenvalue weighted by Gasteiger charge is -2.41. The molecule has 4 N–H and O–H groups in total. The van der Waals surface area contributed by atoms with E-state index >= 15 is 0 Å². The first-order valence-corrected chi connectivity index (χ1v) is 8.59. The molecule has 0 aromatic carbocycles. The fourth-order valence-electron chi connectivity index (χ4n) is 2.63. The Hall–Kier alpha value is -1.62. The zero-order valence-electron chi connectivity index (χ0n) is 15.5. The minimum Gasteiger partial charge on any atom is -0.454 e.